The molecule has 18 heavy (non-hydrogen) atoms. The number of nitrogens with zero attached hydrogens (tertiary/aromatic N) is 1. The van der Waals surface area contributed by atoms with Gasteiger partial charge in [-0.2, -0.15) is 5.26 Å². The minimum Gasteiger partial charge on any atom is -0.385 e. The van der Waals surface area contributed by atoms with Crippen LogP contribution in [0.5, 0.6) is 0 Å². The Balaban J connectivity index is 2.75. The second-order valence-electron chi connectivity index (χ2n) is 3.68. The van der Waals surface area contributed by atoms with Crippen LogP contribution in [-0.2, 0) is 9.53 Å². The van der Waals surface area contributed by atoms with Gasteiger partial charge >= 0.3 is 0 Å². The molecule has 0 aromatic heterocycles. The van der Waals surface area contributed by atoms with Crippen LogP contribution in [0.2, 0.25) is 0 Å². The van der Waals surface area contributed by atoms with E-state index in [0.29, 0.717) is 24.3 Å². The van der Waals surface area contributed by atoms with Gasteiger partial charge in [-0.25, -0.2) is 0 Å². The first-order chi connectivity index (χ1) is 8.58. The van der Waals surface area contributed by atoms with Crippen molar-refractivity contribution in [1.29, 1.82) is 5.26 Å². The summed E-state index contributed by atoms with van der Waals surface area (Å²) in [6, 6.07) is 6.38. The molecule has 0 bridgehead atoms. The minimum absolute atomic E-state index is 0.332. The van der Waals surface area contributed by atoms with Crippen LogP contribution < -0.4 is 11.1 Å². The van der Waals surface area contributed by atoms with Gasteiger partial charge in [-0.05, 0) is 24.6 Å². The number of nitriles is 1. The van der Waals surface area contributed by atoms with Crippen LogP contribution in [0, 0.1) is 11.3 Å². The zero-order valence-corrected chi connectivity index (χ0v) is 11.5. The first-order valence-corrected chi connectivity index (χ1v) is 6.12. The molecule has 0 heterocycles. The van der Waals surface area contributed by atoms with Crippen molar-refractivity contribution in [3.63, 3.8) is 0 Å². The lowest BCUT2D eigenvalue weighted by molar-refractivity contribution is -0.117. The van der Waals surface area contributed by atoms with Gasteiger partial charge < -0.3 is 15.8 Å². The molecule has 1 aromatic carbocycles. The zero-order chi connectivity index (χ0) is 13.5. The molecule has 1 aromatic rings. The van der Waals surface area contributed by atoms with Crippen LogP contribution in [0.4, 0.5) is 5.69 Å². The number of anilines is 1. The van der Waals surface area contributed by atoms with Crippen molar-refractivity contribution < 1.29 is 9.53 Å². The largest absolute Gasteiger partial charge is 0.385 e. The Morgan fingerprint density at radius 1 is 1.67 bits per heavy atom. The third-order valence-corrected chi connectivity index (χ3v) is 2.82. The van der Waals surface area contributed by atoms with E-state index in [9.17, 15) is 4.79 Å². The van der Waals surface area contributed by atoms with Crippen molar-refractivity contribution in [2.75, 3.05) is 19.0 Å². The van der Waals surface area contributed by atoms with E-state index < -0.39 is 6.04 Å². The smallest absolute Gasteiger partial charge is 0.241 e. The SMILES string of the molecule is COCCC(N)C(=O)Nc1cc(Br)ccc1C#N. The lowest BCUT2D eigenvalue weighted by atomic mass is 10.1. The highest BCUT2D eigenvalue weighted by molar-refractivity contribution is 9.10. The number of hydrogen-bond acceptors (Lipinski definition) is 4. The highest BCUT2D eigenvalue weighted by Gasteiger charge is 2.15. The van der Waals surface area contributed by atoms with Gasteiger partial charge in [0.2, 0.25) is 5.91 Å². The van der Waals surface area contributed by atoms with E-state index in [1.54, 1.807) is 25.3 Å². The Bertz CT molecular complexity index is 471. The maximum absolute atomic E-state index is 11.8. The summed E-state index contributed by atoms with van der Waals surface area (Å²) in [4.78, 5) is 11.8. The van der Waals surface area contributed by atoms with Gasteiger partial charge in [-0.3, -0.25) is 4.79 Å². The molecule has 1 unspecified atom stereocenters. The number of rotatable bonds is 5. The number of methoxy groups -OCH3 is 1. The summed E-state index contributed by atoms with van der Waals surface area (Å²) in [6.07, 6.45) is 0.429. The summed E-state index contributed by atoms with van der Waals surface area (Å²) in [5, 5.41) is 11.6. The number of nitrogens with one attached hydrogen (secondary N) is 1. The number of amides is 1. The third-order valence-electron chi connectivity index (χ3n) is 2.33. The van der Waals surface area contributed by atoms with Crippen molar-refractivity contribution in [2.45, 2.75) is 12.5 Å². The molecule has 0 aliphatic carbocycles. The van der Waals surface area contributed by atoms with Crippen LogP contribution in [0.3, 0.4) is 0 Å². The Morgan fingerprint density at radius 3 is 3.00 bits per heavy atom. The summed E-state index contributed by atoms with van der Waals surface area (Å²) in [7, 11) is 1.55. The molecule has 1 amide bonds. The van der Waals surface area contributed by atoms with Gasteiger partial charge in [0.1, 0.15) is 6.07 Å². The van der Waals surface area contributed by atoms with E-state index in [2.05, 4.69) is 21.2 Å². The van der Waals surface area contributed by atoms with Crippen LogP contribution in [0.15, 0.2) is 22.7 Å². The number of carbonyl (C=O) groups excluding carboxylic acids is 1. The van der Waals surface area contributed by atoms with Gasteiger partial charge in [0, 0.05) is 18.2 Å². The molecule has 0 spiro atoms. The van der Waals surface area contributed by atoms with Crippen molar-refractivity contribution in [2.24, 2.45) is 5.73 Å². The van der Waals surface area contributed by atoms with Crippen LogP contribution in [-0.4, -0.2) is 25.7 Å². The van der Waals surface area contributed by atoms with Gasteiger partial charge in [0.25, 0.3) is 0 Å². The topological polar surface area (TPSA) is 88.1 Å². The standard InChI is InChI=1S/C12H14BrN3O2/c1-18-5-4-10(15)12(17)16-11-6-9(13)3-2-8(11)7-14/h2-3,6,10H,4-5,15H2,1H3,(H,16,17). The molecule has 3 N–H and O–H groups in total. The Morgan fingerprint density at radius 2 is 2.39 bits per heavy atom. The molecule has 0 aliphatic heterocycles. The molecule has 1 rings (SSSR count). The number of benzene rings is 1. The Labute approximate surface area is 114 Å². The van der Waals surface area contributed by atoms with Crippen molar-refractivity contribution in [3.8, 4) is 6.07 Å². The van der Waals surface area contributed by atoms with Crippen LogP contribution in [0.25, 0.3) is 0 Å². The van der Waals surface area contributed by atoms with Crippen molar-refractivity contribution in [1.82, 2.24) is 0 Å². The van der Waals surface area contributed by atoms with E-state index in [1.807, 2.05) is 6.07 Å². The van der Waals surface area contributed by atoms with Gasteiger partial charge in [-0.1, -0.05) is 15.9 Å². The third kappa shape index (κ3) is 4.11. The van der Waals surface area contributed by atoms with Crippen LogP contribution >= 0.6 is 15.9 Å². The molecule has 6 heteroatoms. The monoisotopic (exact) mass is 311 g/mol. The second-order valence-corrected chi connectivity index (χ2v) is 4.59. The number of halogens is 1. The molecule has 0 saturated carbocycles. The average molecular weight is 312 g/mol. The summed E-state index contributed by atoms with van der Waals surface area (Å²) in [6.45, 7) is 0.415. The second kappa shape index (κ2) is 7.11. The molecule has 1 atom stereocenters. The van der Waals surface area contributed by atoms with Crippen molar-refractivity contribution in [3.05, 3.63) is 28.2 Å². The predicted octanol–water partition coefficient (Wildman–Crippen LogP) is 1.62. The molecule has 5 nitrogen and oxygen atoms in total. The number of nitrogens with two attached hydrogens (primary N) is 1. The van der Waals surface area contributed by atoms with E-state index in [4.69, 9.17) is 15.7 Å². The predicted molar refractivity (Wildman–Crippen MR) is 72.0 cm³/mol. The molecular formula is C12H14BrN3O2. The van der Waals surface area contributed by atoms with Crippen LogP contribution in [0.1, 0.15) is 12.0 Å². The van der Waals surface area contributed by atoms with Gasteiger partial charge in [0.05, 0.1) is 17.3 Å². The number of hydrogen-bond donors (Lipinski definition) is 2. The normalized spacial score (nSPS) is 11.7. The molecule has 0 radical (unpaired) electrons. The Kier molecular flexibility index (Phi) is 5.78. The van der Waals surface area contributed by atoms with E-state index >= 15 is 0 Å². The lowest BCUT2D eigenvalue weighted by Gasteiger charge is -2.12. The summed E-state index contributed by atoms with van der Waals surface area (Å²) in [5.41, 5.74) is 6.54. The lowest BCUT2D eigenvalue weighted by Crippen LogP contribution is -2.36. The van der Waals surface area contributed by atoms with E-state index in [1.165, 1.54) is 0 Å². The van der Waals surface area contributed by atoms with Crippen molar-refractivity contribution >= 4 is 27.5 Å². The summed E-state index contributed by atoms with van der Waals surface area (Å²) >= 11 is 3.28. The van der Waals surface area contributed by atoms with Gasteiger partial charge in [0.15, 0.2) is 0 Å². The molecule has 0 saturated heterocycles. The average Bonchev–Trinajstić information content (AvgIpc) is 2.36. The highest BCUT2D eigenvalue weighted by Crippen LogP contribution is 2.20. The minimum atomic E-state index is -0.657. The maximum atomic E-state index is 11.8. The first-order valence-electron chi connectivity index (χ1n) is 5.33. The fraction of sp³-hybridized carbons (Fsp3) is 0.333. The van der Waals surface area contributed by atoms with E-state index in [-0.39, 0.29) is 5.91 Å². The van der Waals surface area contributed by atoms with E-state index in [0.717, 1.165) is 4.47 Å². The Hall–Kier alpha value is -1.42. The number of ether oxygens (including phenoxy) is 1. The molecular weight excluding hydrogens is 298 g/mol. The zero-order valence-electron chi connectivity index (χ0n) is 9.94. The highest BCUT2D eigenvalue weighted by atomic mass is 79.9. The fourth-order valence-corrected chi connectivity index (χ4v) is 1.68. The maximum Gasteiger partial charge on any atom is 0.241 e. The summed E-state index contributed by atoms with van der Waals surface area (Å²) in [5.74, 6) is -0.332. The fourth-order valence-electron chi connectivity index (χ4n) is 1.32. The number of carbonyl (C=O) groups is 1. The van der Waals surface area contributed by atoms with Gasteiger partial charge in [-0.15, -0.1) is 0 Å². The summed E-state index contributed by atoms with van der Waals surface area (Å²) < 4.78 is 5.64. The quantitative estimate of drug-likeness (QED) is 0.865. The first kappa shape index (κ1) is 14.6. The molecule has 96 valence electrons. The molecule has 0 fully saturated rings. The molecule has 0 aliphatic rings.